The molecule has 0 amide bonds. The molecule has 0 fully saturated rings. The van der Waals surface area contributed by atoms with Gasteiger partial charge in [0.1, 0.15) is 0 Å². The first-order valence-electron chi connectivity index (χ1n) is 5.10. The van der Waals surface area contributed by atoms with E-state index in [9.17, 15) is 0 Å². The minimum absolute atomic E-state index is 0.176. The quantitative estimate of drug-likeness (QED) is 0.869. The Balaban J connectivity index is 2.56. The molecule has 1 unspecified atom stereocenters. The number of nitrogens with two attached hydrogens (primary N) is 1. The first-order chi connectivity index (χ1) is 6.59. The summed E-state index contributed by atoms with van der Waals surface area (Å²) in [6.07, 6.45) is 2.25. The van der Waals surface area contributed by atoms with Gasteiger partial charge in [0.15, 0.2) is 0 Å². The SMILES string of the molecule is CC(C)CCC(N)c1cccc(Br)c1. The Kier molecular flexibility index (Phi) is 4.63. The average Bonchev–Trinajstić information content (AvgIpc) is 2.14. The molecule has 0 aliphatic heterocycles. The maximum atomic E-state index is 6.09. The molecule has 1 nitrogen and oxygen atoms in total. The largest absolute Gasteiger partial charge is 0.324 e. The Morgan fingerprint density at radius 1 is 1.29 bits per heavy atom. The highest BCUT2D eigenvalue weighted by Gasteiger charge is 2.06. The minimum atomic E-state index is 0.176. The fourth-order valence-electron chi connectivity index (χ4n) is 1.42. The van der Waals surface area contributed by atoms with Gasteiger partial charge < -0.3 is 5.73 Å². The molecule has 1 aromatic rings. The van der Waals surface area contributed by atoms with E-state index in [-0.39, 0.29) is 6.04 Å². The van der Waals surface area contributed by atoms with Crippen molar-refractivity contribution in [3.63, 3.8) is 0 Å². The zero-order valence-corrected chi connectivity index (χ0v) is 10.4. The van der Waals surface area contributed by atoms with E-state index >= 15 is 0 Å². The molecule has 0 saturated heterocycles. The summed E-state index contributed by atoms with van der Waals surface area (Å²) < 4.78 is 1.11. The summed E-state index contributed by atoms with van der Waals surface area (Å²) >= 11 is 3.45. The van der Waals surface area contributed by atoms with Crippen molar-refractivity contribution in [2.24, 2.45) is 11.7 Å². The van der Waals surface area contributed by atoms with E-state index in [4.69, 9.17) is 5.73 Å². The summed E-state index contributed by atoms with van der Waals surface area (Å²) in [6, 6.07) is 8.43. The van der Waals surface area contributed by atoms with E-state index in [0.29, 0.717) is 0 Å². The second kappa shape index (κ2) is 5.52. The van der Waals surface area contributed by atoms with E-state index in [1.54, 1.807) is 0 Å². The van der Waals surface area contributed by atoms with Crippen LogP contribution in [0.4, 0.5) is 0 Å². The fraction of sp³-hybridized carbons (Fsp3) is 0.500. The van der Waals surface area contributed by atoms with Gasteiger partial charge in [0.25, 0.3) is 0 Å². The Labute approximate surface area is 94.8 Å². The van der Waals surface area contributed by atoms with Gasteiger partial charge in [-0.15, -0.1) is 0 Å². The van der Waals surface area contributed by atoms with Gasteiger partial charge in [-0.2, -0.15) is 0 Å². The molecule has 2 N–H and O–H groups in total. The Morgan fingerprint density at radius 3 is 2.57 bits per heavy atom. The lowest BCUT2D eigenvalue weighted by molar-refractivity contribution is 0.507. The summed E-state index contributed by atoms with van der Waals surface area (Å²) in [4.78, 5) is 0. The van der Waals surface area contributed by atoms with Crippen LogP contribution >= 0.6 is 15.9 Å². The van der Waals surface area contributed by atoms with Gasteiger partial charge in [0.2, 0.25) is 0 Å². The Hall–Kier alpha value is -0.340. The molecule has 0 aromatic heterocycles. The summed E-state index contributed by atoms with van der Waals surface area (Å²) in [6.45, 7) is 4.46. The second-order valence-electron chi connectivity index (χ2n) is 4.13. The molecule has 1 atom stereocenters. The Bertz CT molecular complexity index is 283. The van der Waals surface area contributed by atoms with Crippen molar-refractivity contribution in [3.05, 3.63) is 34.3 Å². The van der Waals surface area contributed by atoms with Crippen LogP contribution in [-0.4, -0.2) is 0 Å². The van der Waals surface area contributed by atoms with Gasteiger partial charge in [-0.25, -0.2) is 0 Å². The van der Waals surface area contributed by atoms with Crippen molar-refractivity contribution in [3.8, 4) is 0 Å². The highest BCUT2D eigenvalue weighted by molar-refractivity contribution is 9.10. The van der Waals surface area contributed by atoms with E-state index < -0.39 is 0 Å². The van der Waals surface area contributed by atoms with Crippen LogP contribution in [0, 0.1) is 5.92 Å². The molecule has 0 radical (unpaired) electrons. The normalized spacial score (nSPS) is 13.2. The number of halogens is 1. The summed E-state index contributed by atoms with van der Waals surface area (Å²) in [5, 5.41) is 0. The van der Waals surface area contributed by atoms with Crippen LogP contribution < -0.4 is 5.73 Å². The van der Waals surface area contributed by atoms with Crippen LogP contribution in [0.1, 0.15) is 38.3 Å². The molecule has 0 aliphatic carbocycles. The smallest absolute Gasteiger partial charge is 0.0295 e. The summed E-state index contributed by atoms with van der Waals surface area (Å²) in [5.74, 6) is 0.730. The summed E-state index contributed by atoms with van der Waals surface area (Å²) in [7, 11) is 0. The lowest BCUT2D eigenvalue weighted by Gasteiger charge is -2.13. The van der Waals surface area contributed by atoms with Crippen molar-refractivity contribution < 1.29 is 0 Å². The van der Waals surface area contributed by atoms with Crippen molar-refractivity contribution in [2.75, 3.05) is 0 Å². The molecule has 2 heteroatoms. The molecular formula is C12H18BrN. The van der Waals surface area contributed by atoms with Gasteiger partial charge in [0, 0.05) is 10.5 Å². The number of hydrogen-bond donors (Lipinski definition) is 1. The first-order valence-corrected chi connectivity index (χ1v) is 5.90. The number of rotatable bonds is 4. The van der Waals surface area contributed by atoms with Gasteiger partial charge >= 0.3 is 0 Å². The highest BCUT2D eigenvalue weighted by atomic mass is 79.9. The third kappa shape index (κ3) is 3.81. The molecule has 1 rings (SSSR count). The monoisotopic (exact) mass is 255 g/mol. The van der Waals surface area contributed by atoms with Crippen LogP contribution in [-0.2, 0) is 0 Å². The molecule has 0 bridgehead atoms. The van der Waals surface area contributed by atoms with Gasteiger partial charge in [-0.05, 0) is 36.5 Å². The molecular weight excluding hydrogens is 238 g/mol. The van der Waals surface area contributed by atoms with E-state index in [2.05, 4.69) is 41.9 Å². The van der Waals surface area contributed by atoms with Gasteiger partial charge in [0.05, 0.1) is 0 Å². The molecule has 0 saturated carbocycles. The molecule has 0 aliphatic rings. The standard InChI is InChI=1S/C12H18BrN/c1-9(2)6-7-12(14)10-4-3-5-11(13)8-10/h3-5,8-9,12H,6-7,14H2,1-2H3. The van der Waals surface area contributed by atoms with E-state index in [1.807, 2.05) is 12.1 Å². The van der Waals surface area contributed by atoms with Crippen molar-refractivity contribution in [2.45, 2.75) is 32.7 Å². The molecule has 1 aromatic carbocycles. The average molecular weight is 256 g/mol. The predicted molar refractivity (Wildman–Crippen MR) is 65.1 cm³/mol. The third-order valence-electron chi connectivity index (χ3n) is 2.33. The van der Waals surface area contributed by atoms with E-state index in [0.717, 1.165) is 16.8 Å². The van der Waals surface area contributed by atoms with Crippen LogP contribution in [0.15, 0.2) is 28.7 Å². The molecule has 14 heavy (non-hydrogen) atoms. The zero-order valence-electron chi connectivity index (χ0n) is 8.83. The van der Waals surface area contributed by atoms with Crippen molar-refractivity contribution in [1.82, 2.24) is 0 Å². The molecule has 78 valence electrons. The topological polar surface area (TPSA) is 26.0 Å². The van der Waals surface area contributed by atoms with Crippen molar-refractivity contribution >= 4 is 15.9 Å². The molecule has 0 heterocycles. The maximum Gasteiger partial charge on any atom is 0.0295 e. The third-order valence-corrected chi connectivity index (χ3v) is 2.83. The summed E-state index contributed by atoms with van der Waals surface area (Å²) in [5.41, 5.74) is 7.31. The number of hydrogen-bond acceptors (Lipinski definition) is 1. The van der Waals surface area contributed by atoms with Crippen LogP contribution in [0.5, 0.6) is 0 Å². The molecule has 0 spiro atoms. The first kappa shape index (κ1) is 11.7. The van der Waals surface area contributed by atoms with Gasteiger partial charge in [-0.3, -0.25) is 0 Å². The second-order valence-corrected chi connectivity index (χ2v) is 5.05. The van der Waals surface area contributed by atoms with Crippen LogP contribution in [0.25, 0.3) is 0 Å². The maximum absolute atomic E-state index is 6.09. The zero-order chi connectivity index (χ0) is 10.6. The Morgan fingerprint density at radius 2 is 2.00 bits per heavy atom. The lowest BCUT2D eigenvalue weighted by Crippen LogP contribution is -2.11. The van der Waals surface area contributed by atoms with Gasteiger partial charge in [-0.1, -0.05) is 41.9 Å². The fourth-order valence-corrected chi connectivity index (χ4v) is 1.83. The van der Waals surface area contributed by atoms with E-state index in [1.165, 1.54) is 12.0 Å². The van der Waals surface area contributed by atoms with Crippen LogP contribution in [0.2, 0.25) is 0 Å². The minimum Gasteiger partial charge on any atom is -0.324 e. The van der Waals surface area contributed by atoms with Crippen LogP contribution in [0.3, 0.4) is 0 Å². The lowest BCUT2D eigenvalue weighted by atomic mass is 9.98. The van der Waals surface area contributed by atoms with Crippen molar-refractivity contribution in [1.29, 1.82) is 0 Å². The highest BCUT2D eigenvalue weighted by Crippen LogP contribution is 2.21. The number of benzene rings is 1. The predicted octanol–water partition coefficient (Wildman–Crippen LogP) is 3.89.